The number of rotatable bonds is 13. The maximum Gasteiger partial charge on any atom is 0.229 e. The Morgan fingerprint density at radius 3 is 1.08 bits per heavy atom. The van der Waals surface area contributed by atoms with Gasteiger partial charge in [0.1, 0.15) is 12.8 Å². The summed E-state index contributed by atoms with van der Waals surface area (Å²) < 4.78 is 0. The van der Waals surface area contributed by atoms with E-state index in [0.29, 0.717) is 26.2 Å². The van der Waals surface area contributed by atoms with E-state index >= 15 is 0 Å². The average Bonchev–Trinajstić information content (AvgIpc) is 2.50. The number of hydrogen-bond acceptors (Lipinski definition) is 6. The first-order valence-corrected chi connectivity index (χ1v) is 8.57. The molecule has 0 aliphatic rings. The molecular weight excluding hydrogens is 340 g/mol. The normalized spacial score (nSPS) is 10.5. The van der Waals surface area contributed by atoms with Crippen molar-refractivity contribution >= 4 is 23.6 Å². The third-order valence-corrected chi connectivity index (χ3v) is 3.17. The molecule has 10 heteroatoms. The molecule has 0 saturated carbocycles. The van der Waals surface area contributed by atoms with Crippen molar-refractivity contribution in [3.05, 3.63) is 0 Å². The van der Waals surface area contributed by atoms with Crippen molar-refractivity contribution in [2.45, 2.75) is 12.8 Å². The SMILES string of the molecule is CN(C)CCNC(=O)CC(=O)NCCNC(=O)CC(=O)NCCN(C)C. The fourth-order valence-corrected chi connectivity index (χ4v) is 1.78. The number of likely N-dealkylation sites (N-methyl/N-ethyl adjacent to an activating group) is 2. The van der Waals surface area contributed by atoms with Crippen molar-refractivity contribution in [2.24, 2.45) is 0 Å². The molecule has 4 amide bonds. The second-order valence-electron chi connectivity index (χ2n) is 6.36. The Balaban J connectivity index is 3.71. The molecule has 0 aliphatic heterocycles. The summed E-state index contributed by atoms with van der Waals surface area (Å²) in [5, 5.41) is 10.4. The van der Waals surface area contributed by atoms with Gasteiger partial charge >= 0.3 is 0 Å². The molecule has 0 saturated heterocycles. The second kappa shape index (κ2) is 14.0. The average molecular weight is 372 g/mol. The third kappa shape index (κ3) is 15.3. The van der Waals surface area contributed by atoms with Crippen molar-refractivity contribution in [1.82, 2.24) is 31.1 Å². The molecule has 26 heavy (non-hydrogen) atoms. The van der Waals surface area contributed by atoms with Crippen LogP contribution < -0.4 is 21.3 Å². The highest BCUT2D eigenvalue weighted by atomic mass is 16.2. The Morgan fingerprint density at radius 1 is 0.538 bits per heavy atom. The molecule has 0 radical (unpaired) electrons. The molecule has 0 aliphatic carbocycles. The summed E-state index contributed by atoms with van der Waals surface area (Å²) in [5.41, 5.74) is 0. The van der Waals surface area contributed by atoms with Crippen LogP contribution >= 0.6 is 0 Å². The van der Waals surface area contributed by atoms with Crippen LogP contribution in [-0.2, 0) is 19.2 Å². The number of nitrogens with zero attached hydrogens (tertiary/aromatic N) is 2. The van der Waals surface area contributed by atoms with Gasteiger partial charge in [-0.1, -0.05) is 0 Å². The van der Waals surface area contributed by atoms with Gasteiger partial charge in [-0.05, 0) is 28.2 Å². The monoisotopic (exact) mass is 372 g/mol. The summed E-state index contributed by atoms with van der Waals surface area (Å²) in [6, 6.07) is 0. The van der Waals surface area contributed by atoms with Crippen LogP contribution in [0.25, 0.3) is 0 Å². The van der Waals surface area contributed by atoms with Crippen LogP contribution in [0.2, 0.25) is 0 Å². The quantitative estimate of drug-likeness (QED) is 0.207. The van der Waals surface area contributed by atoms with Crippen molar-refractivity contribution in [3.8, 4) is 0 Å². The van der Waals surface area contributed by atoms with E-state index in [1.165, 1.54) is 0 Å². The molecule has 0 spiro atoms. The lowest BCUT2D eigenvalue weighted by Crippen LogP contribution is -2.39. The van der Waals surface area contributed by atoms with Gasteiger partial charge in [0.05, 0.1) is 0 Å². The zero-order valence-electron chi connectivity index (χ0n) is 16.2. The van der Waals surface area contributed by atoms with E-state index in [1.54, 1.807) is 0 Å². The lowest BCUT2D eigenvalue weighted by atomic mass is 10.3. The number of carbonyl (C=O) groups excluding carboxylic acids is 4. The molecule has 0 heterocycles. The van der Waals surface area contributed by atoms with Crippen LogP contribution in [0.3, 0.4) is 0 Å². The van der Waals surface area contributed by atoms with Gasteiger partial charge < -0.3 is 31.1 Å². The maximum atomic E-state index is 11.6. The summed E-state index contributed by atoms with van der Waals surface area (Å²) in [6.07, 6.45) is -0.509. The van der Waals surface area contributed by atoms with Crippen molar-refractivity contribution in [1.29, 1.82) is 0 Å². The lowest BCUT2D eigenvalue weighted by molar-refractivity contribution is -0.131. The number of hydrogen-bond donors (Lipinski definition) is 4. The van der Waals surface area contributed by atoms with Crippen LogP contribution in [-0.4, -0.2) is 101 Å². The summed E-state index contributed by atoms with van der Waals surface area (Å²) in [4.78, 5) is 50.0. The molecule has 0 fully saturated rings. The van der Waals surface area contributed by atoms with Crippen molar-refractivity contribution in [3.63, 3.8) is 0 Å². The fourth-order valence-electron chi connectivity index (χ4n) is 1.78. The summed E-state index contributed by atoms with van der Waals surface area (Å²) in [7, 11) is 7.56. The van der Waals surface area contributed by atoms with Gasteiger partial charge in [0.15, 0.2) is 0 Å². The fraction of sp³-hybridized carbons (Fsp3) is 0.750. The van der Waals surface area contributed by atoms with Crippen molar-refractivity contribution in [2.75, 3.05) is 67.5 Å². The third-order valence-electron chi connectivity index (χ3n) is 3.17. The van der Waals surface area contributed by atoms with Crippen LogP contribution in [0.15, 0.2) is 0 Å². The maximum absolute atomic E-state index is 11.6. The standard InChI is InChI=1S/C16H32N6O4/c1-21(2)9-7-19-15(25)11-13(23)17-5-6-18-14(24)12-16(26)20-8-10-22(3)4/h5-12H2,1-4H3,(H,17,23)(H,18,24)(H,19,25)(H,20,26). The van der Waals surface area contributed by atoms with Gasteiger partial charge in [0.25, 0.3) is 0 Å². The Morgan fingerprint density at radius 2 is 0.808 bits per heavy atom. The van der Waals surface area contributed by atoms with E-state index in [2.05, 4.69) is 21.3 Å². The van der Waals surface area contributed by atoms with Gasteiger partial charge in [0.2, 0.25) is 23.6 Å². The van der Waals surface area contributed by atoms with Gasteiger partial charge in [-0.2, -0.15) is 0 Å². The largest absolute Gasteiger partial charge is 0.354 e. The van der Waals surface area contributed by atoms with E-state index in [-0.39, 0.29) is 37.7 Å². The Bertz CT molecular complexity index is 426. The van der Waals surface area contributed by atoms with Crippen LogP contribution in [0.4, 0.5) is 0 Å². The minimum absolute atomic E-state index is 0.192. The van der Waals surface area contributed by atoms with E-state index in [0.717, 1.165) is 0 Å². The lowest BCUT2D eigenvalue weighted by Gasteiger charge is -2.11. The van der Waals surface area contributed by atoms with Gasteiger partial charge in [-0.25, -0.2) is 0 Å². The number of amides is 4. The Labute approximate surface area is 155 Å². The first kappa shape index (κ1) is 23.8. The molecular formula is C16H32N6O4. The predicted octanol–water partition coefficient (Wildman–Crippen LogP) is -2.65. The van der Waals surface area contributed by atoms with E-state index in [1.807, 2.05) is 38.0 Å². The summed E-state index contributed by atoms with van der Waals surface area (Å²) >= 11 is 0. The zero-order chi connectivity index (χ0) is 19.9. The molecule has 150 valence electrons. The minimum Gasteiger partial charge on any atom is -0.354 e. The minimum atomic E-state index is -0.414. The van der Waals surface area contributed by atoms with E-state index in [4.69, 9.17) is 0 Å². The highest BCUT2D eigenvalue weighted by Crippen LogP contribution is 1.83. The molecule has 10 nitrogen and oxygen atoms in total. The van der Waals surface area contributed by atoms with Crippen molar-refractivity contribution < 1.29 is 19.2 Å². The number of nitrogens with one attached hydrogen (secondary N) is 4. The Hall–Kier alpha value is -2.20. The van der Waals surface area contributed by atoms with Crippen LogP contribution in [0, 0.1) is 0 Å². The van der Waals surface area contributed by atoms with Crippen LogP contribution in [0.5, 0.6) is 0 Å². The highest BCUT2D eigenvalue weighted by molar-refractivity contribution is 5.97. The first-order valence-electron chi connectivity index (χ1n) is 8.57. The molecule has 0 atom stereocenters. The molecule has 0 bridgehead atoms. The molecule has 0 aromatic heterocycles. The summed E-state index contributed by atoms with van der Waals surface area (Å²) in [6.45, 7) is 2.73. The van der Waals surface area contributed by atoms with Gasteiger partial charge in [0, 0.05) is 39.3 Å². The molecule has 0 rings (SSSR count). The second-order valence-corrected chi connectivity index (χ2v) is 6.36. The molecule has 4 N–H and O–H groups in total. The van der Waals surface area contributed by atoms with Gasteiger partial charge in [-0.15, -0.1) is 0 Å². The number of carbonyl (C=O) groups is 4. The highest BCUT2D eigenvalue weighted by Gasteiger charge is 2.10. The van der Waals surface area contributed by atoms with E-state index < -0.39 is 11.8 Å². The molecule has 0 aromatic rings. The summed E-state index contributed by atoms with van der Waals surface area (Å²) in [5.74, 6) is -1.52. The van der Waals surface area contributed by atoms with E-state index in [9.17, 15) is 19.2 Å². The van der Waals surface area contributed by atoms with Gasteiger partial charge in [-0.3, -0.25) is 19.2 Å². The predicted molar refractivity (Wildman–Crippen MR) is 98.4 cm³/mol. The molecule has 0 unspecified atom stereocenters. The Kier molecular flexibility index (Phi) is 12.8. The smallest absolute Gasteiger partial charge is 0.229 e. The van der Waals surface area contributed by atoms with Crippen LogP contribution in [0.1, 0.15) is 12.8 Å². The molecule has 0 aromatic carbocycles. The topological polar surface area (TPSA) is 123 Å². The first-order chi connectivity index (χ1) is 12.2. The zero-order valence-corrected chi connectivity index (χ0v) is 16.2.